The number of anilines is 1. The Labute approximate surface area is 188 Å². The maximum Gasteiger partial charge on any atom is 0.262 e. The van der Waals surface area contributed by atoms with Crippen LogP contribution in [0, 0.1) is 0 Å². The van der Waals surface area contributed by atoms with E-state index in [2.05, 4.69) is 16.7 Å². The lowest BCUT2D eigenvalue weighted by Gasteiger charge is -2.19. The molecule has 1 N–H and O–H groups in total. The van der Waals surface area contributed by atoms with Gasteiger partial charge in [-0.3, -0.25) is 4.72 Å². The van der Waals surface area contributed by atoms with E-state index in [1.165, 1.54) is 11.1 Å². The van der Waals surface area contributed by atoms with Crippen LogP contribution in [0.5, 0.6) is 5.75 Å². The minimum atomic E-state index is -3.74. The highest BCUT2D eigenvalue weighted by Gasteiger charge is 2.21. The zero-order chi connectivity index (χ0) is 22.0. The van der Waals surface area contributed by atoms with Crippen molar-refractivity contribution in [3.05, 3.63) is 65.0 Å². The highest BCUT2D eigenvalue weighted by Crippen LogP contribution is 2.33. The summed E-state index contributed by atoms with van der Waals surface area (Å²) >= 11 is 1.63. The van der Waals surface area contributed by atoms with Gasteiger partial charge in [-0.1, -0.05) is 18.2 Å². The molecule has 5 nitrogen and oxygen atoms in total. The summed E-state index contributed by atoms with van der Waals surface area (Å²) < 4.78 is 35.1. The van der Waals surface area contributed by atoms with Gasteiger partial charge in [0.15, 0.2) is 0 Å². The van der Waals surface area contributed by atoms with Crippen molar-refractivity contribution in [3.8, 4) is 16.2 Å². The summed E-state index contributed by atoms with van der Waals surface area (Å²) in [7, 11) is -1.63. The molecule has 31 heavy (non-hydrogen) atoms. The highest BCUT2D eigenvalue weighted by molar-refractivity contribution is 7.92. The van der Waals surface area contributed by atoms with E-state index in [0.29, 0.717) is 11.4 Å². The fourth-order valence-corrected chi connectivity index (χ4v) is 5.54. The number of ether oxygens (including phenoxy) is 1. The molecule has 4 rings (SSSR count). The number of thiophene rings is 1. The number of sulfonamides is 1. The van der Waals surface area contributed by atoms with Crippen molar-refractivity contribution in [1.29, 1.82) is 0 Å². The SMILES string of the molecule is CC(C)Oc1cc2c(cc1NS(=O)(=O)c1ccc(-c3cccs3)cc1)CCN(C)CC2. The van der Waals surface area contributed by atoms with E-state index in [1.54, 1.807) is 23.5 Å². The van der Waals surface area contributed by atoms with Gasteiger partial charge in [-0.25, -0.2) is 8.42 Å². The molecule has 0 fully saturated rings. The first-order valence-electron chi connectivity index (χ1n) is 10.5. The van der Waals surface area contributed by atoms with Crippen LogP contribution in [0.2, 0.25) is 0 Å². The van der Waals surface area contributed by atoms with Gasteiger partial charge < -0.3 is 9.64 Å². The van der Waals surface area contributed by atoms with Crippen LogP contribution < -0.4 is 9.46 Å². The van der Waals surface area contributed by atoms with E-state index in [4.69, 9.17) is 4.74 Å². The minimum Gasteiger partial charge on any atom is -0.489 e. The van der Waals surface area contributed by atoms with Crippen molar-refractivity contribution in [2.24, 2.45) is 0 Å². The van der Waals surface area contributed by atoms with Gasteiger partial charge in [0.25, 0.3) is 10.0 Å². The Balaban J connectivity index is 1.65. The van der Waals surface area contributed by atoms with Gasteiger partial charge in [-0.05, 0) is 86.1 Å². The van der Waals surface area contributed by atoms with Crippen LogP contribution in [-0.2, 0) is 22.9 Å². The predicted octanol–water partition coefficient (Wildman–Crippen LogP) is 5.03. The molecule has 3 aromatic rings. The van der Waals surface area contributed by atoms with Gasteiger partial charge in [0.2, 0.25) is 0 Å². The number of rotatable bonds is 6. The van der Waals surface area contributed by atoms with Crippen LogP contribution in [0.25, 0.3) is 10.4 Å². The number of nitrogens with one attached hydrogen (secondary N) is 1. The average Bonchev–Trinajstić information content (AvgIpc) is 3.21. The molecular weight excluding hydrogens is 428 g/mol. The first kappa shape index (κ1) is 21.9. The van der Waals surface area contributed by atoms with E-state index >= 15 is 0 Å². The molecular formula is C24H28N2O3S2. The Morgan fingerprint density at radius 1 is 1.03 bits per heavy atom. The molecule has 0 spiro atoms. The maximum atomic E-state index is 13.2. The zero-order valence-electron chi connectivity index (χ0n) is 18.1. The lowest BCUT2D eigenvalue weighted by Crippen LogP contribution is -2.20. The molecule has 2 aromatic carbocycles. The van der Waals surface area contributed by atoms with E-state index < -0.39 is 10.0 Å². The number of benzene rings is 2. The molecule has 0 unspecified atom stereocenters. The van der Waals surface area contributed by atoms with Crippen LogP contribution in [0.15, 0.2) is 58.8 Å². The molecule has 1 aliphatic rings. The summed E-state index contributed by atoms with van der Waals surface area (Å²) in [5.41, 5.74) is 3.90. The van der Waals surface area contributed by atoms with Crippen molar-refractivity contribution in [2.75, 3.05) is 24.9 Å². The summed E-state index contributed by atoms with van der Waals surface area (Å²) in [5.74, 6) is 0.581. The Hall–Kier alpha value is -2.35. The number of nitrogens with zero attached hydrogens (tertiary/aromatic N) is 1. The molecule has 164 valence electrons. The first-order chi connectivity index (χ1) is 14.8. The molecule has 1 aromatic heterocycles. The monoisotopic (exact) mass is 456 g/mol. The Kier molecular flexibility index (Phi) is 6.36. The van der Waals surface area contributed by atoms with Gasteiger partial charge in [-0.15, -0.1) is 11.3 Å². The number of fused-ring (bicyclic) bond motifs is 1. The van der Waals surface area contributed by atoms with E-state index in [-0.39, 0.29) is 11.0 Å². The Bertz CT molecular complexity index is 1140. The third kappa shape index (κ3) is 5.11. The highest BCUT2D eigenvalue weighted by atomic mass is 32.2. The number of likely N-dealkylation sites (N-methyl/N-ethyl adjacent to an activating group) is 1. The molecule has 7 heteroatoms. The predicted molar refractivity (Wildman–Crippen MR) is 128 cm³/mol. The van der Waals surface area contributed by atoms with Crippen molar-refractivity contribution >= 4 is 27.0 Å². The van der Waals surface area contributed by atoms with Gasteiger partial charge in [0.05, 0.1) is 16.7 Å². The molecule has 2 heterocycles. The molecule has 0 atom stereocenters. The molecule has 0 saturated heterocycles. The fraction of sp³-hybridized carbons (Fsp3) is 0.333. The quantitative estimate of drug-likeness (QED) is 0.565. The molecule has 1 aliphatic heterocycles. The van der Waals surface area contributed by atoms with Gasteiger partial charge in [-0.2, -0.15) is 0 Å². The van der Waals surface area contributed by atoms with E-state index in [1.807, 2.05) is 55.6 Å². The van der Waals surface area contributed by atoms with Crippen LogP contribution in [-0.4, -0.2) is 39.6 Å². The lowest BCUT2D eigenvalue weighted by molar-refractivity contribution is 0.243. The summed E-state index contributed by atoms with van der Waals surface area (Å²) in [6, 6.07) is 15.0. The third-order valence-corrected chi connectivity index (χ3v) is 7.71. The summed E-state index contributed by atoms with van der Waals surface area (Å²) in [6.45, 7) is 5.82. The average molecular weight is 457 g/mol. The molecule has 0 aliphatic carbocycles. The van der Waals surface area contributed by atoms with Crippen LogP contribution in [0.3, 0.4) is 0 Å². The minimum absolute atomic E-state index is 0.0557. The Morgan fingerprint density at radius 2 is 1.71 bits per heavy atom. The van der Waals surface area contributed by atoms with Gasteiger partial charge in [0, 0.05) is 18.0 Å². The second-order valence-electron chi connectivity index (χ2n) is 8.19. The third-order valence-electron chi connectivity index (χ3n) is 5.40. The first-order valence-corrected chi connectivity index (χ1v) is 12.9. The topological polar surface area (TPSA) is 58.6 Å². The second kappa shape index (κ2) is 9.02. The molecule has 0 saturated carbocycles. The number of hydrogen-bond donors (Lipinski definition) is 1. The summed E-state index contributed by atoms with van der Waals surface area (Å²) in [5, 5.41) is 2.01. The largest absolute Gasteiger partial charge is 0.489 e. The molecule has 0 bridgehead atoms. The summed E-state index contributed by atoms with van der Waals surface area (Å²) in [4.78, 5) is 3.64. The van der Waals surface area contributed by atoms with E-state index in [9.17, 15) is 8.42 Å². The smallest absolute Gasteiger partial charge is 0.262 e. The van der Waals surface area contributed by atoms with Crippen LogP contribution in [0.1, 0.15) is 25.0 Å². The van der Waals surface area contributed by atoms with Crippen molar-refractivity contribution < 1.29 is 13.2 Å². The second-order valence-corrected chi connectivity index (χ2v) is 10.8. The van der Waals surface area contributed by atoms with Gasteiger partial charge in [0.1, 0.15) is 5.75 Å². The van der Waals surface area contributed by atoms with Gasteiger partial charge >= 0.3 is 0 Å². The maximum absolute atomic E-state index is 13.2. The molecule has 0 amide bonds. The lowest BCUT2D eigenvalue weighted by atomic mass is 10.0. The van der Waals surface area contributed by atoms with Crippen LogP contribution >= 0.6 is 11.3 Å². The fourth-order valence-electron chi connectivity index (χ4n) is 3.74. The normalized spacial score (nSPS) is 14.8. The summed E-state index contributed by atoms with van der Waals surface area (Å²) in [6.07, 6.45) is 1.76. The standard InChI is InChI=1S/C24H28N2O3S2/c1-17(2)29-23-16-20-11-13-26(3)12-10-19(20)15-22(23)25-31(27,28)21-8-6-18(7-9-21)24-5-4-14-30-24/h4-9,14-17,25H,10-13H2,1-3H3. The Morgan fingerprint density at radius 3 is 2.32 bits per heavy atom. The van der Waals surface area contributed by atoms with Crippen molar-refractivity contribution in [3.63, 3.8) is 0 Å². The number of hydrogen-bond acceptors (Lipinski definition) is 5. The molecule has 0 radical (unpaired) electrons. The van der Waals surface area contributed by atoms with E-state index in [0.717, 1.165) is 36.4 Å². The zero-order valence-corrected chi connectivity index (χ0v) is 19.7. The van der Waals surface area contributed by atoms with Crippen molar-refractivity contribution in [1.82, 2.24) is 4.90 Å². The van der Waals surface area contributed by atoms with Crippen molar-refractivity contribution in [2.45, 2.75) is 37.7 Å². The van der Waals surface area contributed by atoms with Crippen LogP contribution in [0.4, 0.5) is 5.69 Å².